The predicted octanol–water partition coefficient (Wildman–Crippen LogP) is 0.739. The van der Waals surface area contributed by atoms with Gasteiger partial charge in [-0.25, -0.2) is 0 Å². The highest BCUT2D eigenvalue weighted by molar-refractivity contribution is 5.80. The van der Waals surface area contributed by atoms with Crippen molar-refractivity contribution in [1.82, 2.24) is 29.4 Å². The normalized spacial score (nSPS) is 16.7. The van der Waals surface area contributed by atoms with Crippen molar-refractivity contribution in [1.29, 1.82) is 0 Å². The van der Waals surface area contributed by atoms with Gasteiger partial charge in [-0.05, 0) is 18.8 Å². The lowest BCUT2D eigenvalue weighted by molar-refractivity contribution is -0.389. The SMILES string of the molecule is Cc1cc([N+](=O)[O-])nn1C(C)C(=O)N1CCN(Cc2cnn(C)c2)CC1. The lowest BCUT2D eigenvalue weighted by Gasteiger charge is -2.35. The van der Waals surface area contributed by atoms with Gasteiger partial charge in [-0.15, -0.1) is 0 Å². The maximum absolute atomic E-state index is 12.8. The van der Waals surface area contributed by atoms with E-state index in [1.165, 1.54) is 10.7 Å². The van der Waals surface area contributed by atoms with Gasteiger partial charge in [0.15, 0.2) is 0 Å². The highest BCUT2D eigenvalue weighted by Crippen LogP contribution is 2.19. The first kappa shape index (κ1) is 18.1. The quantitative estimate of drug-likeness (QED) is 0.575. The van der Waals surface area contributed by atoms with E-state index in [9.17, 15) is 14.9 Å². The summed E-state index contributed by atoms with van der Waals surface area (Å²) >= 11 is 0. The number of rotatable bonds is 5. The smallest absolute Gasteiger partial charge is 0.358 e. The average Bonchev–Trinajstić information content (AvgIpc) is 3.20. The van der Waals surface area contributed by atoms with Crippen LogP contribution in [0.3, 0.4) is 0 Å². The number of hydrogen-bond donors (Lipinski definition) is 0. The zero-order chi connectivity index (χ0) is 18.8. The first-order chi connectivity index (χ1) is 12.3. The van der Waals surface area contributed by atoms with Crippen LogP contribution >= 0.6 is 0 Å². The molecule has 0 aromatic carbocycles. The maximum atomic E-state index is 12.8. The van der Waals surface area contributed by atoms with Crippen LogP contribution in [0.1, 0.15) is 24.2 Å². The number of aryl methyl sites for hydroxylation is 2. The van der Waals surface area contributed by atoms with Gasteiger partial charge in [-0.3, -0.25) is 14.4 Å². The third kappa shape index (κ3) is 3.74. The van der Waals surface area contributed by atoms with Crippen LogP contribution in [0.4, 0.5) is 5.82 Å². The van der Waals surface area contributed by atoms with Crippen LogP contribution in [0.25, 0.3) is 0 Å². The van der Waals surface area contributed by atoms with Gasteiger partial charge in [-0.2, -0.15) is 9.78 Å². The molecule has 1 unspecified atom stereocenters. The van der Waals surface area contributed by atoms with E-state index in [-0.39, 0.29) is 11.7 Å². The van der Waals surface area contributed by atoms with Gasteiger partial charge in [0.25, 0.3) is 0 Å². The average molecular weight is 361 g/mol. The van der Waals surface area contributed by atoms with Crippen molar-refractivity contribution in [3.05, 3.63) is 39.8 Å². The van der Waals surface area contributed by atoms with E-state index >= 15 is 0 Å². The van der Waals surface area contributed by atoms with Crippen LogP contribution < -0.4 is 0 Å². The van der Waals surface area contributed by atoms with Crippen molar-refractivity contribution in [3.8, 4) is 0 Å². The Kier molecular flexibility index (Phi) is 5.03. The van der Waals surface area contributed by atoms with Gasteiger partial charge in [0.1, 0.15) is 6.04 Å². The number of piperazine rings is 1. The van der Waals surface area contributed by atoms with E-state index < -0.39 is 11.0 Å². The molecule has 1 amide bonds. The Morgan fingerprint density at radius 3 is 2.58 bits per heavy atom. The lowest BCUT2D eigenvalue weighted by Crippen LogP contribution is -2.50. The second kappa shape index (κ2) is 7.24. The van der Waals surface area contributed by atoms with E-state index in [4.69, 9.17) is 0 Å². The fourth-order valence-corrected chi connectivity index (χ4v) is 3.26. The number of hydrogen-bond acceptors (Lipinski definition) is 6. The van der Waals surface area contributed by atoms with Crippen LogP contribution in [0.2, 0.25) is 0 Å². The molecule has 0 bridgehead atoms. The third-order valence-electron chi connectivity index (χ3n) is 4.67. The molecular formula is C16H23N7O3. The molecule has 3 rings (SSSR count). The van der Waals surface area contributed by atoms with Crippen LogP contribution in [0, 0.1) is 17.0 Å². The van der Waals surface area contributed by atoms with Crippen molar-refractivity contribution in [3.63, 3.8) is 0 Å². The second-order valence-electron chi connectivity index (χ2n) is 6.65. The molecule has 0 spiro atoms. The molecular weight excluding hydrogens is 338 g/mol. The number of carbonyl (C=O) groups is 1. The molecule has 1 fully saturated rings. The van der Waals surface area contributed by atoms with Crippen molar-refractivity contribution >= 4 is 11.7 Å². The minimum atomic E-state index is -0.562. The number of nitro groups is 1. The van der Waals surface area contributed by atoms with Gasteiger partial charge in [0.2, 0.25) is 5.91 Å². The standard InChI is InChI=1S/C16H23N7O3/c1-12-8-15(23(25)26)18-22(12)13(2)16(24)21-6-4-20(5-7-21)11-14-9-17-19(3)10-14/h8-10,13H,4-7,11H2,1-3H3. The predicted molar refractivity (Wildman–Crippen MR) is 93.4 cm³/mol. The fraction of sp³-hybridized carbons (Fsp3) is 0.562. The molecule has 1 aliphatic rings. The molecule has 0 saturated carbocycles. The minimum absolute atomic E-state index is 0.0628. The van der Waals surface area contributed by atoms with Gasteiger partial charge >= 0.3 is 5.82 Å². The van der Waals surface area contributed by atoms with Crippen molar-refractivity contribution in [2.75, 3.05) is 26.2 Å². The van der Waals surface area contributed by atoms with E-state index in [0.29, 0.717) is 18.8 Å². The molecule has 3 heterocycles. The zero-order valence-electron chi connectivity index (χ0n) is 15.2. The summed E-state index contributed by atoms with van der Waals surface area (Å²) in [7, 11) is 1.89. The molecule has 1 atom stereocenters. The summed E-state index contributed by atoms with van der Waals surface area (Å²) in [4.78, 5) is 27.2. The number of nitrogens with zero attached hydrogens (tertiary/aromatic N) is 7. The summed E-state index contributed by atoms with van der Waals surface area (Å²) in [6, 6.07) is 0.823. The minimum Gasteiger partial charge on any atom is -0.358 e. The summed E-state index contributed by atoms with van der Waals surface area (Å²) < 4.78 is 3.21. The Bertz CT molecular complexity index is 805. The van der Waals surface area contributed by atoms with Gasteiger partial charge in [0.05, 0.1) is 23.1 Å². The monoisotopic (exact) mass is 361 g/mol. The Balaban J connectivity index is 1.58. The molecule has 10 nitrogen and oxygen atoms in total. The summed E-state index contributed by atoms with van der Waals surface area (Å²) in [5.41, 5.74) is 1.76. The van der Waals surface area contributed by atoms with Crippen molar-refractivity contribution < 1.29 is 9.72 Å². The van der Waals surface area contributed by atoms with Gasteiger partial charge in [-0.1, -0.05) is 0 Å². The maximum Gasteiger partial charge on any atom is 0.390 e. The summed E-state index contributed by atoms with van der Waals surface area (Å²) in [6.45, 7) is 7.09. The molecule has 10 heteroatoms. The van der Waals surface area contributed by atoms with Gasteiger partial charge in [0, 0.05) is 51.5 Å². The number of amides is 1. The molecule has 1 aliphatic heterocycles. The van der Waals surface area contributed by atoms with Crippen molar-refractivity contribution in [2.24, 2.45) is 7.05 Å². The molecule has 0 N–H and O–H groups in total. The highest BCUT2D eigenvalue weighted by Gasteiger charge is 2.30. The number of aromatic nitrogens is 4. The Hall–Kier alpha value is -2.75. The number of carbonyl (C=O) groups excluding carboxylic acids is 1. The largest absolute Gasteiger partial charge is 0.390 e. The Labute approximate surface area is 151 Å². The molecule has 1 saturated heterocycles. The zero-order valence-corrected chi connectivity index (χ0v) is 15.2. The Morgan fingerprint density at radius 2 is 2.04 bits per heavy atom. The summed E-state index contributed by atoms with van der Waals surface area (Å²) in [5, 5.41) is 19.0. The molecule has 0 radical (unpaired) electrons. The van der Waals surface area contributed by atoms with E-state index in [1.54, 1.807) is 23.4 Å². The van der Waals surface area contributed by atoms with Crippen LogP contribution in [0.5, 0.6) is 0 Å². The lowest BCUT2D eigenvalue weighted by atomic mass is 10.2. The summed E-state index contributed by atoms with van der Waals surface area (Å²) in [5.74, 6) is -0.296. The third-order valence-corrected chi connectivity index (χ3v) is 4.67. The first-order valence-corrected chi connectivity index (χ1v) is 8.54. The van der Waals surface area contributed by atoms with Crippen LogP contribution in [-0.4, -0.2) is 66.4 Å². The highest BCUT2D eigenvalue weighted by atomic mass is 16.6. The molecule has 26 heavy (non-hydrogen) atoms. The molecule has 2 aromatic rings. The molecule has 0 aliphatic carbocycles. The van der Waals surface area contributed by atoms with E-state index in [0.717, 1.165) is 25.2 Å². The van der Waals surface area contributed by atoms with E-state index in [2.05, 4.69) is 15.1 Å². The fourth-order valence-electron chi connectivity index (χ4n) is 3.26. The summed E-state index contributed by atoms with van der Waals surface area (Å²) in [6.07, 6.45) is 3.85. The van der Waals surface area contributed by atoms with Crippen molar-refractivity contribution in [2.45, 2.75) is 26.4 Å². The topological polar surface area (TPSA) is 102 Å². The molecule has 2 aromatic heterocycles. The second-order valence-corrected chi connectivity index (χ2v) is 6.65. The van der Waals surface area contributed by atoms with E-state index in [1.807, 2.05) is 19.4 Å². The first-order valence-electron chi connectivity index (χ1n) is 8.54. The van der Waals surface area contributed by atoms with Crippen LogP contribution in [0.15, 0.2) is 18.5 Å². The molecule has 140 valence electrons. The van der Waals surface area contributed by atoms with Crippen LogP contribution in [-0.2, 0) is 18.4 Å². The van der Waals surface area contributed by atoms with Gasteiger partial charge < -0.3 is 15.0 Å². The Morgan fingerprint density at radius 1 is 1.35 bits per heavy atom.